The number of ether oxygens (including phenoxy) is 1. The van der Waals surface area contributed by atoms with Gasteiger partial charge >= 0.3 is 6.09 Å². The Morgan fingerprint density at radius 3 is 2.17 bits per heavy atom. The minimum Gasteiger partial charge on any atom is -0.431 e. The van der Waals surface area contributed by atoms with Gasteiger partial charge in [0.05, 0.1) is 4.90 Å². The highest BCUT2D eigenvalue weighted by atomic mass is 32.2. The number of cyclic esters (lactones) is 1. The molecule has 1 aliphatic heterocycles. The molecule has 0 aromatic heterocycles. The smallest absolute Gasteiger partial charge is 0.415 e. The number of rotatable bonds is 4. The van der Waals surface area contributed by atoms with Crippen molar-refractivity contribution in [3.8, 4) is 0 Å². The Labute approximate surface area is 132 Å². The number of nitrogens with one attached hydrogen (secondary N) is 2. The molecule has 1 saturated heterocycles. The second-order valence-electron chi connectivity index (χ2n) is 4.82. The Balaban J connectivity index is 1.78. The first-order chi connectivity index (χ1) is 11.0. The molecule has 0 aliphatic carbocycles. The predicted octanol–water partition coefficient (Wildman–Crippen LogP) is 1.79. The summed E-state index contributed by atoms with van der Waals surface area (Å²) in [5.41, 5.74) is 0.790. The van der Waals surface area contributed by atoms with E-state index in [1.165, 1.54) is 36.4 Å². The van der Waals surface area contributed by atoms with Crippen LogP contribution in [-0.4, -0.2) is 20.4 Å². The first-order valence-corrected chi connectivity index (χ1v) is 8.13. The number of hydrogen-bond donors (Lipinski definition) is 2. The van der Waals surface area contributed by atoms with Crippen molar-refractivity contribution in [3.63, 3.8) is 0 Å². The van der Waals surface area contributed by atoms with E-state index in [-0.39, 0.29) is 4.90 Å². The van der Waals surface area contributed by atoms with Gasteiger partial charge in [-0.1, -0.05) is 30.3 Å². The van der Waals surface area contributed by atoms with Gasteiger partial charge in [-0.25, -0.2) is 13.2 Å². The van der Waals surface area contributed by atoms with Crippen molar-refractivity contribution < 1.29 is 22.7 Å². The van der Waals surface area contributed by atoms with Gasteiger partial charge in [-0.2, -0.15) is 0 Å². The molecule has 1 aliphatic rings. The number of alkyl carbamates (subject to hydrolysis) is 1. The highest BCUT2D eigenvalue weighted by molar-refractivity contribution is 7.92. The highest BCUT2D eigenvalue weighted by Crippen LogP contribution is 2.24. The molecule has 2 aromatic carbocycles. The molecular weight excluding hydrogens is 320 g/mol. The summed E-state index contributed by atoms with van der Waals surface area (Å²) in [6.07, 6.45) is -1.81. The van der Waals surface area contributed by atoms with E-state index in [0.717, 1.165) is 0 Å². The van der Waals surface area contributed by atoms with Gasteiger partial charge in [-0.3, -0.25) is 14.8 Å². The molecule has 1 fully saturated rings. The number of carbonyl (C=O) groups excluding carboxylic acids is 2. The molecule has 1 atom stereocenters. The van der Waals surface area contributed by atoms with Crippen LogP contribution in [0.2, 0.25) is 0 Å². The van der Waals surface area contributed by atoms with Crippen LogP contribution < -0.4 is 10.0 Å². The Morgan fingerprint density at radius 2 is 1.61 bits per heavy atom. The summed E-state index contributed by atoms with van der Waals surface area (Å²) in [5, 5.41) is 2.03. The Morgan fingerprint density at radius 1 is 0.957 bits per heavy atom. The number of hydrogen-bond acceptors (Lipinski definition) is 5. The van der Waals surface area contributed by atoms with Crippen molar-refractivity contribution in [2.24, 2.45) is 0 Å². The monoisotopic (exact) mass is 332 g/mol. The van der Waals surface area contributed by atoms with Gasteiger partial charge in [0.15, 0.2) is 0 Å². The lowest BCUT2D eigenvalue weighted by Crippen LogP contribution is -2.20. The standard InChI is InChI=1S/C15H12N2O5S/c18-14-13(22-15(19)16-14)10-6-8-11(9-7-10)17-23(20,21)12-4-2-1-3-5-12/h1-9,13,17H,(H,16,18,19). The topological polar surface area (TPSA) is 102 Å². The maximum absolute atomic E-state index is 12.2. The second kappa shape index (κ2) is 5.73. The normalized spacial score (nSPS) is 17.5. The van der Waals surface area contributed by atoms with Crippen molar-refractivity contribution in [1.82, 2.24) is 5.32 Å². The van der Waals surface area contributed by atoms with E-state index in [1.807, 2.05) is 5.32 Å². The first kappa shape index (κ1) is 15.0. The molecule has 0 radical (unpaired) electrons. The summed E-state index contributed by atoms with van der Waals surface area (Å²) >= 11 is 0. The molecule has 2 amide bonds. The SMILES string of the molecule is O=C1NC(=O)C(c2ccc(NS(=O)(=O)c3ccccc3)cc2)O1. The van der Waals surface area contributed by atoms with Gasteiger partial charge in [0.25, 0.3) is 15.9 Å². The lowest BCUT2D eigenvalue weighted by molar-refractivity contribution is -0.123. The molecule has 0 bridgehead atoms. The van der Waals surface area contributed by atoms with Crippen LogP contribution in [0, 0.1) is 0 Å². The van der Waals surface area contributed by atoms with E-state index >= 15 is 0 Å². The molecule has 3 rings (SSSR count). The highest BCUT2D eigenvalue weighted by Gasteiger charge is 2.33. The van der Waals surface area contributed by atoms with Crippen molar-refractivity contribution in [1.29, 1.82) is 0 Å². The summed E-state index contributed by atoms with van der Waals surface area (Å²) in [7, 11) is -3.68. The first-order valence-electron chi connectivity index (χ1n) is 6.65. The second-order valence-corrected chi connectivity index (χ2v) is 6.50. The quantitative estimate of drug-likeness (QED) is 0.889. The van der Waals surface area contributed by atoms with Crippen molar-refractivity contribution in [2.45, 2.75) is 11.0 Å². The van der Waals surface area contributed by atoms with Crippen LogP contribution in [0.15, 0.2) is 59.5 Å². The maximum atomic E-state index is 12.2. The summed E-state index contributed by atoms with van der Waals surface area (Å²) in [5.74, 6) is -0.549. The van der Waals surface area contributed by atoms with Crippen molar-refractivity contribution in [2.75, 3.05) is 4.72 Å². The van der Waals surface area contributed by atoms with Gasteiger partial charge < -0.3 is 4.74 Å². The third kappa shape index (κ3) is 3.16. The number of amides is 2. The van der Waals surface area contributed by atoms with E-state index in [2.05, 4.69) is 4.72 Å². The fourth-order valence-corrected chi connectivity index (χ4v) is 3.19. The molecule has 8 heteroatoms. The molecule has 23 heavy (non-hydrogen) atoms. The zero-order valence-corrected chi connectivity index (χ0v) is 12.5. The summed E-state index contributed by atoms with van der Waals surface area (Å²) in [6, 6.07) is 14.0. The van der Waals surface area contributed by atoms with Gasteiger partial charge in [0.2, 0.25) is 6.10 Å². The molecule has 2 aromatic rings. The van der Waals surface area contributed by atoms with E-state index < -0.39 is 28.1 Å². The number of imide groups is 1. The van der Waals surface area contributed by atoms with Crippen LogP contribution in [0.4, 0.5) is 10.5 Å². The summed E-state index contributed by atoms with van der Waals surface area (Å²) in [6.45, 7) is 0. The van der Waals surface area contributed by atoms with E-state index in [0.29, 0.717) is 11.3 Å². The number of carbonyl (C=O) groups is 2. The lowest BCUT2D eigenvalue weighted by Gasteiger charge is -2.10. The fourth-order valence-electron chi connectivity index (χ4n) is 2.12. The minimum atomic E-state index is -3.68. The van der Waals surface area contributed by atoms with Crippen LogP contribution in [0.1, 0.15) is 11.7 Å². The van der Waals surface area contributed by atoms with Gasteiger partial charge in [-0.15, -0.1) is 0 Å². The van der Waals surface area contributed by atoms with Crippen LogP contribution in [0.25, 0.3) is 0 Å². The lowest BCUT2D eigenvalue weighted by atomic mass is 10.1. The van der Waals surface area contributed by atoms with Gasteiger partial charge in [0, 0.05) is 11.3 Å². The predicted molar refractivity (Wildman–Crippen MR) is 81.1 cm³/mol. The third-order valence-corrected chi connectivity index (χ3v) is 4.60. The third-order valence-electron chi connectivity index (χ3n) is 3.21. The molecule has 1 unspecified atom stereocenters. The molecule has 0 spiro atoms. The van der Waals surface area contributed by atoms with Crippen LogP contribution in [0.5, 0.6) is 0 Å². The number of sulfonamides is 1. The molecule has 2 N–H and O–H groups in total. The van der Waals surface area contributed by atoms with E-state index in [4.69, 9.17) is 4.74 Å². The van der Waals surface area contributed by atoms with Gasteiger partial charge in [-0.05, 0) is 24.3 Å². The van der Waals surface area contributed by atoms with Crippen LogP contribution >= 0.6 is 0 Å². The minimum absolute atomic E-state index is 0.146. The molecule has 7 nitrogen and oxygen atoms in total. The molecular formula is C15H12N2O5S. The van der Waals surface area contributed by atoms with E-state index in [9.17, 15) is 18.0 Å². The average molecular weight is 332 g/mol. The zero-order valence-electron chi connectivity index (χ0n) is 11.7. The maximum Gasteiger partial charge on any atom is 0.415 e. The molecule has 1 heterocycles. The number of anilines is 1. The van der Waals surface area contributed by atoms with Crippen LogP contribution in [0.3, 0.4) is 0 Å². The summed E-state index contributed by atoms with van der Waals surface area (Å²) < 4.78 is 31.7. The number of benzene rings is 2. The Kier molecular flexibility index (Phi) is 3.75. The zero-order chi connectivity index (χ0) is 16.4. The Bertz CT molecular complexity index is 847. The van der Waals surface area contributed by atoms with Crippen molar-refractivity contribution >= 4 is 27.7 Å². The average Bonchev–Trinajstić information content (AvgIpc) is 2.87. The molecule has 0 saturated carbocycles. The van der Waals surface area contributed by atoms with Crippen molar-refractivity contribution in [3.05, 3.63) is 60.2 Å². The Hall–Kier alpha value is -2.87. The molecule has 118 valence electrons. The largest absolute Gasteiger partial charge is 0.431 e. The van der Waals surface area contributed by atoms with E-state index in [1.54, 1.807) is 18.2 Å². The van der Waals surface area contributed by atoms with Gasteiger partial charge in [0.1, 0.15) is 0 Å². The fraction of sp³-hybridized carbons (Fsp3) is 0.0667. The summed E-state index contributed by atoms with van der Waals surface area (Å²) in [4.78, 5) is 22.7. The van der Waals surface area contributed by atoms with Crippen LogP contribution in [-0.2, 0) is 19.6 Å².